The fourth-order valence-electron chi connectivity index (χ4n) is 2.52. The van der Waals surface area contributed by atoms with Gasteiger partial charge in [0.1, 0.15) is 5.75 Å². The fourth-order valence-corrected chi connectivity index (χ4v) is 2.71. The molecule has 6 nitrogen and oxygen atoms in total. The number of para-hydroxylation sites is 1. The Morgan fingerprint density at radius 1 is 1.40 bits per heavy atom. The van der Waals surface area contributed by atoms with Crippen LogP contribution in [-0.2, 0) is 7.05 Å². The zero-order valence-electron chi connectivity index (χ0n) is 14.9. The van der Waals surface area contributed by atoms with Gasteiger partial charge in [-0.1, -0.05) is 30.7 Å². The number of aryl methyl sites for hydroxylation is 1. The third kappa shape index (κ3) is 5.39. The first-order chi connectivity index (χ1) is 12.0. The molecule has 0 unspecified atom stereocenters. The average molecular weight is 365 g/mol. The summed E-state index contributed by atoms with van der Waals surface area (Å²) in [6.07, 6.45) is 3.26. The molecule has 1 atom stereocenters. The van der Waals surface area contributed by atoms with Crippen LogP contribution in [0.1, 0.15) is 31.5 Å². The molecule has 0 spiro atoms. The highest BCUT2D eigenvalue weighted by Crippen LogP contribution is 2.23. The summed E-state index contributed by atoms with van der Waals surface area (Å²) in [6, 6.07) is 9.13. The fraction of sp³-hybridized carbons (Fsp3) is 0.444. The number of amides is 2. The summed E-state index contributed by atoms with van der Waals surface area (Å²) in [6.45, 7) is 3.13. The van der Waals surface area contributed by atoms with Crippen molar-refractivity contribution in [2.75, 3.05) is 20.2 Å². The van der Waals surface area contributed by atoms with Gasteiger partial charge >= 0.3 is 6.03 Å². The second-order valence-electron chi connectivity index (χ2n) is 5.84. The van der Waals surface area contributed by atoms with E-state index in [4.69, 9.17) is 16.3 Å². The summed E-state index contributed by atoms with van der Waals surface area (Å²) < 4.78 is 7.43. The van der Waals surface area contributed by atoms with Crippen LogP contribution in [0.15, 0.2) is 36.5 Å². The van der Waals surface area contributed by atoms with Crippen molar-refractivity contribution < 1.29 is 9.53 Å². The minimum Gasteiger partial charge on any atom is -0.492 e. The molecular weight excluding hydrogens is 340 g/mol. The Morgan fingerprint density at radius 3 is 2.80 bits per heavy atom. The van der Waals surface area contributed by atoms with Crippen molar-refractivity contribution in [2.24, 2.45) is 7.05 Å². The molecule has 1 heterocycles. The third-order valence-electron chi connectivity index (χ3n) is 4.00. The van der Waals surface area contributed by atoms with Crippen molar-refractivity contribution in [3.8, 4) is 5.75 Å². The van der Waals surface area contributed by atoms with Crippen molar-refractivity contribution in [3.05, 3.63) is 47.2 Å². The molecule has 2 amide bonds. The monoisotopic (exact) mass is 364 g/mol. The number of hydrogen-bond acceptors (Lipinski definition) is 3. The SMILES string of the molecule is CC[C@@H](NC(=O)N(C)CCCOc1ccccc1Cl)c1ccnn1C. The molecule has 1 aromatic carbocycles. The van der Waals surface area contributed by atoms with Gasteiger partial charge in [0, 0.05) is 26.8 Å². The van der Waals surface area contributed by atoms with E-state index < -0.39 is 0 Å². The van der Waals surface area contributed by atoms with Crippen molar-refractivity contribution in [3.63, 3.8) is 0 Å². The second kappa shape index (κ2) is 9.32. The van der Waals surface area contributed by atoms with Crippen LogP contribution in [0, 0.1) is 0 Å². The highest BCUT2D eigenvalue weighted by molar-refractivity contribution is 6.32. The largest absolute Gasteiger partial charge is 0.492 e. The number of nitrogens with zero attached hydrogens (tertiary/aromatic N) is 3. The molecular formula is C18H25ClN4O2. The lowest BCUT2D eigenvalue weighted by Gasteiger charge is -2.23. The third-order valence-corrected chi connectivity index (χ3v) is 4.31. The summed E-state index contributed by atoms with van der Waals surface area (Å²) in [5, 5.41) is 7.79. The molecule has 0 fully saturated rings. The molecule has 0 saturated carbocycles. The molecule has 0 aliphatic rings. The first kappa shape index (κ1) is 19.1. The molecule has 136 valence electrons. The zero-order valence-corrected chi connectivity index (χ0v) is 15.7. The van der Waals surface area contributed by atoms with E-state index >= 15 is 0 Å². The lowest BCUT2D eigenvalue weighted by molar-refractivity contribution is 0.198. The first-order valence-corrected chi connectivity index (χ1v) is 8.77. The van der Waals surface area contributed by atoms with Gasteiger partial charge < -0.3 is 15.0 Å². The number of rotatable bonds is 8. The Bertz CT molecular complexity index is 689. The smallest absolute Gasteiger partial charge is 0.317 e. The van der Waals surface area contributed by atoms with E-state index in [2.05, 4.69) is 10.4 Å². The molecule has 2 rings (SSSR count). The Balaban J connectivity index is 1.76. The Kier molecular flexibility index (Phi) is 7.13. The maximum Gasteiger partial charge on any atom is 0.317 e. The van der Waals surface area contributed by atoms with Gasteiger partial charge in [0.05, 0.1) is 23.4 Å². The highest BCUT2D eigenvalue weighted by Gasteiger charge is 2.17. The standard InChI is InChI=1S/C18H25ClN4O2/c1-4-15(16-10-11-20-23(16)3)21-18(24)22(2)12-7-13-25-17-9-6-5-8-14(17)19/h5-6,8-11,15H,4,7,12-13H2,1-3H3,(H,21,24)/t15-/m1/s1. The van der Waals surface area contributed by atoms with Gasteiger partial charge in [-0.15, -0.1) is 0 Å². The average Bonchev–Trinajstić information content (AvgIpc) is 3.03. The van der Waals surface area contributed by atoms with E-state index in [-0.39, 0.29) is 12.1 Å². The van der Waals surface area contributed by atoms with Gasteiger partial charge in [-0.2, -0.15) is 5.10 Å². The lowest BCUT2D eigenvalue weighted by atomic mass is 10.1. The molecule has 7 heteroatoms. The first-order valence-electron chi connectivity index (χ1n) is 8.39. The van der Waals surface area contributed by atoms with Crippen LogP contribution in [0.3, 0.4) is 0 Å². The van der Waals surface area contributed by atoms with E-state index in [1.807, 2.05) is 38.2 Å². The quantitative estimate of drug-likeness (QED) is 0.727. The summed E-state index contributed by atoms with van der Waals surface area (Å²) in [4.78, 5) is 14.0. The van der Waals surface area contributed by atoms with Crippen LogP contribution in [0.5, 0.6) is 5.75 Å². The summed E-state index contributed by atoms with van der Waals surface area (Å²) in [7, 11) is 3.65. The molecule has 0 saturated heterocycles. The molecule has 0 aliphatic carbocycles. The number of benzene rings is 1. The van der Waals surface area contributed by atoms with E-state index in [9.17, 15) is 4.79 Å². The van der Waals surface area contributed by atoms with Gasteiger partial charge in [-0.05, 0) is 31.0 Å². The normalized spacial score (nSPS) is 11.8. The van der Waals surface area contributed by atoms with E-state index in [1.54, 1.807) is 28.9 Å². The Labute approximate surface area is 153 Å². The molecule has 1 N–H and O–H groups in total. The van der Waals surface area contributed by atoms with Gasteiger partial charge in [0.15, 0.2) is 0 Å². The number of nitrogens with one attached hydrogen (secondary N) is 1. The lowest BCUT2D eigenvalue weighted by Crippen LogP contribution is -2.40. The number of carbonyl (C=O) groups excluding carboxylic acids is 1. The Morgan fingerprint density at radius 2 is 2.16 bits per heavy atom. The van der Waals surface area contributed by atoms with Gasteiger partial charge in [0.2, 0.25) is 0 Å². The Hall–Kier alpha value is -2.21. The predicted octanol–water partition coefficient (Wildman–Crippen LogP) is 3.64. The van der Waals surface area contributed by atoms with E-state index in [0.717, 1.165) is 18.5 Å². The maximum atomic E-state index is 12.4. The summed E-state index contributed by atoms with van der Waals surface area (Å²) in [5.41, 5.74) is 0.992. The van der Waals surface area contributed by atoms with Gasteiger partial charge in [-0.3, -0.25) is 4.68 Å². The molecule has 0 aliphatic heterocycles. The number of aromatic nitrogens is 2. The van der Waals surface area contributed by atoms with Crippen LogP contribution < -0.4 is 10.1 Å². The van der Waals surface area contributed by atoms with Crippen LogP contribution in [0.2, 0.25) is 5.02 Å². The van der Waals surface area contributed by atoms with Crippen LogP contribution >= 0.6 is 11.6 Å². The molecule has 2 aromatic rings. The van der Waals surface area contributed by atoms with Gasteiger partial charge in [0.25, 0.3) is 0 Å². The number of halogens is 1. The predicted molar refractivity (Wildman–Crippen MR) is 99.0 cm³/mol. The molecule has 0 bridgehead atoms. The number of ether oxygens (including phenoxy) is 1. The van der Waals surface area contributed by atoms with E-state index in [1.165, 1.54) is 0 Å². The highest BCUT2D eigenvalue weighted by atomic mass is 35.5. The number of carbonyl (C=O) groups is 1. The number of urea groups is 1. The van der Waals surface area contributed by atoms with Crippen LogP contribution in [0.4, 0.5) is 4.79 Å². The minimum absolute atomic E-state index is 0.0539. The summed E-state index contributed by atoms with van der Waals surface area (Å²) in [5.74, 6) is 0.665. The summed E-state index contributed by atoms with van der Waals surface area (Å²) >= 11 is 6.04. The van der Waals surface area contributed by atoms with Crippen molar-refractivity contribution in [1.29, 1.82) is 0 Å². The molecule has 0 radical (unpaired) electrons. The van der Waals surface area contributed by atoms with Crippen molar-refractivity contribution in [1.82, 2.24) is 20.0 Å². The van der Waals surface area contributed by atoms with Crippen LogP contribution in [-0.4, -0.2) is 40.9 Å². The molecule has 1 aromatic heterocycles. The minimum atomic E-state index is -0.106. The van der Waals surface area contributed by atoms with Crippen molar-refractivity contribution in [2.45, 2.75) is 25.8 Å². The zero-order chi connectivity index (χ0) is 18.2. The second-order valence-corrected chi connectivity index (χ2v) is 6.25. The topological polar surface area (TPSA) is 59.4 Å². The molecule has 25 heavy (non-hydrogen) atoms. The van der Waals surface area contributed by atoms with E-state index in [0.29, 0.717) is 23.9 Å². The number of hydrogen-bond donors (Lipinski definition) is 1. The van der Waals surface area contributed by atoms with Crippen molar-refractivity contribution >= 4 is 17.6 Å². The van der Waals surface area contributed by atoms with Gasteiger partial charge in [-0.25, -0.2) is 4.79 Å². The van der Waals surface area contributed by atoms with Crippen LogP contribution in [0.25, 0.3) is 0 Å². The maximum absolute atomic E-state index is 12.4.